The van der Waals surface area contributed by atoms with Crippen molar-refractivity contribution in [2.45, 2.75) is 16.8 Å². The smallest absolute Gasteiger partial charge is 0.446 e. The number of nitrogens with zero attached hydrogens (tertiary/aromatic N) is 1. The van der Waals surface area contributed by atoms with Gasteiger partial charge < -0.3 is 5.11 Å². The topological polar surface area (TPSA) is 61.1 Å². The molecular formula is C10H4F5NO2S. The zero-order valence-electron chi connectivity index (χ0n) is 8.83. The molecule has 0 saturated heterocycles. The Labute approximate surface area is 107 Å². The molecule has 0 fully saturated rings. The van der Waals surface area contributed by atoms with E-state index in [1.807, 2.05) is 0 Å². The summed E-state index contributed by atoms with van der Waals surface area (Å²) in [4.78, 5) is 9.84. The van der Waals surface area contributed by atoms with Crippen LogP contribution in [-0.2, 0) is 0 Å². The molecule has 0 radical (unpaired) electrons. The number of alkyl halides is 5. The SMILES string of the molecule is N#Cc1c(C(=O)O)ccc(SC(F)(F)F)c1C(F)F. The van der Waals surface area contributed by atoms with Gasteiger partial charge in [-0.2, -0.15) is 18.4 Å². The van der Waals surface area contributed by atoms with Crippen LogP contribution in [-0.4, -0.2) is 16.6 Å². The highest BCUT2D eigenvalue weighted by Gasteiger charge is 2.33. The van der Waals surface area contributed by atoms with Gasteiger partial charge in [0.15, 0.2) is 0 Å². The van der Waals surface area contributed by atoms with Gasteiger partial charge in [0.1, 0.15) is 6.07 Å². The van der Waals surface area contributed by atoms with E-state index >= 15 is 0 Å². The van der Waals surface area contributed by atoms with Crippen molar-refractivity contribution in [3.8, 4) is 6.07 Å². The molecule has 0 saturated carbocycles. The third-order valence-corrected chi connectivity index (χ3v) is 2.80. The number of hydrogen-bond donors (Lipinski definition) is 1. The van der Waals surface area contributed by atoms with Gasteiger partial charge in [0.25, 0.3) is 6.43 Å². The van der Waals surface area contributed by atoms with Crippen LogP contribution in [0.2, 0.25) is 0 Å². The molecule has 0 bridgehead atoms. The summed E-state index contributed by atoms with van der Waals surface area (Å²) < 4.78 is 62.1. The number of halogens is 5. The lowest BCUT2D eigenvalue weighted by molar-refractivity contribution is -0.0329. The highest BCUT2D eigenvalue weighted by atomic mass is 32.2. The summed E-state index contributed by atoms with van der Waals surface area (Å²) in [7, 11) is 0. The lowest BCUT2D eigenvalue weighted by Crippen LogP contribution is -2.08. The molecule has 0 heterocycles. The van der Waals surface area contributed by atoms with E-state index in [9.17, 15) is 26.7 Å². The van der Waals surface area contributed by atoms with Gasteiger partial charge in [-0.25, -0.2) is 13.6 Å². The summed E-state index contributed by atoms with van der Waals surface area (Å²) in [5.41, 5.74) is -7.76. The first-order valence-corrected chi connectivity index (χ1v) is 5.33. The Bertz CT molecular complexity index is 550. The summed E-state index contributed by atoms with van der Waals surface area (Å²) >= 11 is -0.818. The minimum Gasteiger partial charge on any atom is -0.478 e. The second kappa shape index (κ2) is 5.44. The molecule has 1 rings (SSSR count). The van der Waals surface area contributed by atoms with E-state index in [-0.39, 0.29) is 0 Å². The van der Waals surface area contributed by atoms with Crippen LogP contribution in [0, 0.1) is 11.3 Å². The maximum Gasteiger partial charge on any atom is 0.446 e. The van der Waals surface area contributed by atoms with E-state index in [1.54, 1.807) is 0 Å². The van der Waals surface area contributed by atoms with Gasteiger partial charge in [0.05, 0.1) is 16.7 Å². The Kier molecular flexibility index (Phi) is 4.36. The monoisotopic (exact) mass is 297 g/mol. The number of thioether (sulfide) groups is 1. The largest absolute Gasteiger partial charge is 0.478 e. The predicted octanol–water partition coefficient (Wildman–Crippen LogP) is 3.81. The molecule has 19 heavy (non-hydrogen) atoms. The number of carbonyl (C=O) groups is 1. The first kappa shape index (κ1) is 15.2. The number of rotatable bonds is 3. The molecule has 0 unspecified atom stereocenters. The van der Waals surface area contributed by atoms with Crippen LogP contribution in [0.5, 0.6) is 0 Å². The van der Waals surface area contributed by atoms with Crippen LogP contribution in [0.4, 0.5) is 22.0 Å². The summed E-state index contributed by atoms with van der Waals surface area (Å²) in [5, 5.41) is 17.4. The normalized spacial score (nSPS) is 11.4. The molecule has 9 heteroatoms. The molecule has 1 aromatic carbocycles. The Morgan fingerprint density at radius 2 is 1.95 bits per heavy atom. The molecule has 102 valence electrons. The number of carboxylic acid groups (broad SMARTS) is 1. The standard InChI is InChI=1S/C10H4F5NO2S/c11-8(12)7-5(3-16)4(9(17)18)1-2-6(7)19-10(13,14)15/h1-2,8H,(H,17,18). The Hall–Kier alpha value is -1.82. The zero-order chi connectivity index (χ0) is 14.8. The fourth-order valence-corrected chi connectivity index (χ4v) is 2.02. The number of benzene rings is 1. The van der Waals surface area contributed by atoms with Crippen LogP contribution in [0.15, 0.2) is 17.0 Å². The molecule has 0 aliphatic heterocycles. The molecule has 1 aromatic rings. The van der Waals surface area contributed by atoms with Gasteiger partial charge in [0, 0.05) is 4.90 Å². The van der Waals surface area contributed by atoms with Crippen molar-refractivity contribution in [3.05, 3.63) is 28.8 Å². The number of nitriles is 1. The van der Waals surface area contributed by atoms with Gasteiger partial charge in [-0.05, 0) is 23.9 Å². The summed E-state index contributed by atoms with van der Waals surface area (Å²) in [6.45, 7) is 0. The zero-order valence-corrected chi connectivity index (χ0v) is 9.65. The summed E-state index contributed by atoms with van der Waals surface area (Å²) in [6, 6.07) is 2.52. The number of carboxylic acids is 1. The second-order valence-corrected chi connectivity index (χ2v) is 4.27. The Morgan fingerprint density at radius 3 is 2.32 bits per heavy atom. The van der Waals surface area contributed by atoms with Crippen molar-refractivity contribution >= 4 is 17.7 Å². The molecule has 0 aromatic heterocycles. The minimum atomic E-state index is -4.82. The quantitative estimate of drug-likeness (QED) is 0.681. The maximum absolute atomic E-state index is 12.8. The van der Waals surface area contributed by atoms with Crippen LogP contribution in [0.25, 0.3) is 0 Å². The molecule has 0 spiro atoms. The molecule has 0 aliphatic carbocycles. The second-order valence-electron chi connectivity index (χ2n) is 3.17. The predicted molar refractivity (Wildman–Crippen MR) is 55.0 cm³/mol. The van der Waals surface area contributed by atoms with E-state index in [0.717, 1.165) is 0 Å². The molecule has 1 N–H and O–H groups in total. The molecule has 3 nitrogen and oxygen atoms in total. The molecule has 0 atom stereocenters. The van der Waals surface area contributed by atoms with Crippen LogP contribution in [0.1, 0.15) is 27.9 Å². The van der Waals surface area contributed by atoms with Gasteiger partial charge in [-0.15, -0.1) is 0 Å². The molecular weight excluding hydrogens is 293 g/mol. The highest BCUT2D eigenvalue weighted by molar-refractivity contribution is 8.00. The molecule has 0 aliphatic rings. The number of hydrogen-bond acceptors (Lipinski definition) is 3. The van der Waals surface area contributed by atoms with Gasteiger partial charge >= 0.3 is 11.5 Å². The first-order valence-electron chi connectivity index (χ1n) is 4.51. The van der Waals surface area contributed by atoms with Crippen LogP contribution in [0.3, 0.4) is 0 Å². The van der Waals surface area contributed by atoms with Crippen molar-refractivity contribution in [1.82, 2.24) is 0 Å². The van der Waals surface area contributed by atoms with Crippen molar-refractivity contribution < 1.29 is 31.9 Å². The first-order chi connectivity index (χ1) is 8.67. The van der Waals surface area contributed by atoms with Gasteiger partial charge in [-0.1, -0.05) is 0 Å². The van der Waals surface area contributed by atoms with Crippen molar-refractivity contribution in [2.24, 2.45) is 0 Å². The average molecular weight is 297 g/mol. The van der Waals surface area contributed by atoms with E-state index in [1.165, 1.54) is 6.07 Å². The lowest BCUT2D eigenvalue weighted by Gasteiger charge is -2.13. The third kappa shape index (κ3) is 3.57. The summed E-state index contributed by atoms with van der Waals surface area (Å²) in [5.74, 6) is -1.66. The fourth-order valence-electron chi connectivity index (χ4n) is 1.33. The molecule has 0 amide bonds. The van der Waals surface area contributed by atoms with Crippen LogP contribution >= 0.6 is 11.8 Å². The minimum absolute atomic E-state index is 0.615. The van der Waals surface area contributed by atoms with E-state index in [0.29, 0.717) is 12.1 Å². The number of aromatic carboxylic acids is 1. The van der Waals surface area contributed by atoms with E-state index in [2.05, 4.69) is 0 Å². The Balaban J connectivity index is 3.52. The van der Waals surface area contributed by atoms with Crippen molar-refractivity contribution in [1.29, 1.82) is 5.26 Å². The fraction of sp³-hybridized carbons (Fsp3) is 0.200. The summed E-state index contributed by atoms with van der Waals surface area (Å²) in [6.07, 6.45) is -3.39. The van der Waals surface area contributed by atoms with E-state index in [4.69, 9.17) is 10.4 Å². The van der Waals surface area contributed by atoms with Gasteiger partial charge in [-0.3, -0.25) is 0 Å². The van der Waals surface area contributed by atoms with Crippen molar-refractivity contribution in [3.63, 3.8) is 0 Å². The van der Waals surface area contributed by atoms with Crippen LogP contribution < -0.4 is 0 Å². The van der Waals surface area contributed by atoms with Gasteiger partial charge in [0.2, 0.25) is 0 Å². The highest BCUT2D eigenvalue weighted by Crippen LogP contribution is 2.42. The average Bonchev–Trinajstić information content (AvgIpc) is 2.25. The Morgan fingerprint density at radius 1 is 1.37 bits per heavy atom. The maximum atomic E-state index is 12.8. The van der Waals surface area contributed by atoms with E-state index < -0.39 is 51.3 Å². The van der Waals surface area contributed by atoms with Crippen molar-refractivity contribution in [2.75, 3.05) is 0 Å². The lowest BCUT2D eigenvalue weighted by atomic mass is 10.0. The third-order valence-electron chi connectivity index (χ3n) is 1.99.